The smallest absolute Gasteiger partial charge is 0.146 e. The molecule has 4 nitrogen and oxygen atoms in total. The maximum Gasteiger partial charge on any atom is 0.146 e. The minimum atomic E-state index is 0.409. The van der Waals surface area contributed by atoms with Crippen molar-refractivity contribution in [2.24, 2.45) is 0 Å². The van der Waals surface area contributed by atoms with Crippen LogP contribution in [0, 0.1) is 0 Å². The van der Waals surface area contributed by atoms with Crippen molar-refractivity contribution in [2.75, 3.05) is 6.54 Å². The van der Waals surface area contributed by atoms with Gasteiger partial charge in [-0.2, -0.15) is 0 Å². The van der Waals surface area contributed by atoms with E-state index < -0.39 is 0 Å². The molecule has 5 heteroatoms. The van der Waals surface area contributed by atoms with Crippen LogP contribution in [0.15, 0.2) is 39.5 Å². The molecule has 2 aromatic rings. The minimum absolute atomic E-state index is 0.409. The van der Waals surface area contributed by atoms with Gasteiger partial charge in [-0.05, 0) is 47.1 Å². The third-order valence-corrected chi connectivity index (χ3v) is 2.94. The molecule has 0 bridgehead atoms. The highest BCUT2D eigenvalue weighted by atomic mass is 79.9. The first-order valence-corrected chi connectivity index (χ1v) is 7.09. The van der Waals surface area contributed by atoms with Crippen molar-refractivity contribution in [3.63, 3.8) is 0 Å². The first-order valence-electron chi connectivity index (χ1n) is 6.29. The second kappa shape index (κ2) is 7.31. The molecule has 2 heterocycles. The lowest BCUT2D eigenvalue weighted by Crippen LogP contribution is -2.13. The topological polar surface area (TPSA) is 47.3 Å². The molecular weight excluding hydrogens is 308 g/mol. The Labute approximate surface area is 121 Å². The number of halogens is 1. The lowest BCUT2D eigenvalue weighted by molar-refractivity contribution is 0.264. The standard InChI is InChI=1S/C14H17BrN2O2/c1-2-5-16-8-12-3-4-13(19-12)10-18-14-6-11(15)7-17-9-14/h3-4,6-7,9,16H,2,5,8,10H2,1H3. The van der Waals surface area contributed by atoms with Crippen molar-refractivity contribution in [1.29, 1.82) is 0 Å². The second-order valence-electron chi connectivity index (χ2n) is 4.17. The fourth-order valence-corrected chi connectivity index (χ4v) is 1.95. The Bertz CT molecular complexity index is 514. The molecule has 0 fully saturated rings. The minimum Gasteiger partial charge on any atom is -0.484 e. The summed E-state index contributed by atoms with van der Waals surface area (Å²) in [5, 5.41) is 3.30. The molecule has 0 atom stereocenters. The van der Waals surface area contributed by atoms with Gasteiger partial charge in [0.1, 0.15) is 23.9 Å². The van der Waals surface area contributed by atoms with Crippen molar-refractivity contribution in [3.8, 4) is 5.75 Å². The summed E-state index contributed by atoms with van der Waals surface area (Å²) in [7, 11) is 0. The number of rotatable bonds is 7. The zero-order valence-corrected chi connectivity index (χ0v) is 12.4. The van der Waals surface area contributed by atoms with Crippen molar-refractivity contribution in [2.45, 2.75) is 26.5 Å². The number of nitrogens with zero attached hydrogens (tertiary/aromatic N) is 1. The summed E-state index contributed by atoms with van der Waals surface area (Å²) in [5.74, 6) is 2.46. The normalized spacial score (nSPS) is 10.6. The highest BCUT2D eigenvalue weighted by molar-refractivity contribution is 9.10. The van der Waals surface area contributed by atoms with E-state index in [0.29, 0.717) is 6.61 Å². The average molecular weight is 325 g/mol. The molecule has 0 spiro atoms. The van der Waals surface area contributed by atoms with E-state index in [1.807, 2.05) is 18.2 Å². The van der Waals surface area contributed by atoms with Gasteiger partial charge >= 0.3 is 0 Å². The van der Waals surface area contributed by atoms with Gasteiger partial charge in [0.25, 0.3) is 0 Å². The summed E-state index contributed by atoms with van der Waals surface area (Å²) in [5.41, 5.74) is 0. The summed E-state index contributed by atoms with van der Waals surface area (Å²) in [6, 6.07) is 5.79. The summed E-state index contributed by atoms with van der Waals surface area (Å²) in [4.78, 5) is 4.04. The zero-order valence-electron chi connectivity index (χ0n) is 10.9. The third-order valence-electron chi connectivity index (χ3n) is 2.50. The number of ether oxygens (including phenoxy) is 1. The van der Waals surface area contributed by atoms with Gasteiger partial charge in [-0.3, -0.25) is 4.98 Å². The SMILES string of the molecule is CCCNCc1ccc(COc2cncc(Br)c2)o1. The van der Waals surface area contributed by atoms with E-state index in [0.717, 1.165) is 41.3 Å². The van der Waals surface area contributed by atoms with Crippen LogP contribution in [0.3, 0.4) is 0 Å². The molecule has 0 radical (unpaired) electrons. The Morgan fingerprint density at radius 3 is 2.95 bits per heavy atom. The van der Waals surface area contributed by atoms with Crippen LogP contribution < -0.4 is 10.1 Å². The molecule has 1 N–H and O–H groups in total. The number of hydrogen-bond acceptors (Lipinski definition) is 4. The van der Waals surface area contributed by atoms with Crippen LogP contribution in [0.25, 0.3) is 0 Å². The fourth-order valence-electron chi connectivity index (χ4n) is 1.61. The molecule has 2 aromatic heterocycles. The summed E-state index contributed by atoms with van der Waals surface area (Å²) in [6.07, 6.45) is 4.52. The van der Waals surface area contributed by atoms with Crippen LogP contribution in [-0.4, -0.2) is 11.5 Å². The van der Waals surface area contributed by atoms with E-state index in [4.69, 9.17) is 9.15 Å². The molecule has 0 aliphatic carbocycles. The first-order chi connectivity index (χ1) is 9.28. The number of hydrogen-bond donors (Lipinski definition) is 1. The number of pyridine rings is 1. The molecule has 102 valence electrons. The Hall–Kier alpha value is -1.33. The summed E-state index contributed by atoms with van der Waals surface area (Å²) in [6.45, 7) is 4.30. The van der Waals surface area contributed by atoms with Gasteiger partial charge in [0.15, 0.2) is 0 Å². The highest BCUT2D eigenvalue weighted by Gasteiger charge is 2.03. The van der Waals surface area contributed by atoms with Gasteiger partial charge in [0.05, 0.1) is 12.7 Å². The largest absolute Gasteiger partial charge is 0.484 e. The summed E-state index contributed by atoms with van der Waals surface area (Å²) < 4.78 is 12.2. The highest BCUT2D eigenvalue weighted by Crippen LogP contribution is 2.17. The van der Waals surface area contributed by atoms with E-state index in [1.54, 1.807) is 12.4 Å². The third kappa shape index (κ3) is 4.69. The maximum absolute atomic E-state index is 5.66. The van der Waals surface area contributed by atoms with Crippen LogP contribution in [0.2, 0.25) is 0 Å². The lowest BCUT2D eigenvalue weighted by Gasteiger charge is -2.04. The molecule has 0 saturated carbocycles. The van der Waals surface area contributed by atoms with Crippen LogP contribution in [0.1, 0.15) is 24.9 Å². The monoisotopic (exact) mass is 324 g/mol. The second-order valence-corrected chi connectivity index (χ2v) is 5.09. The molecule has 0 aromatic carbocycles. The van der Waals surface area contributed by atoms with Gasteiger partial charge in [-0.15, -0.1) is 0 Å². The first kappa shape index (κ1) is 14.1. The van der Waals surface area contributed by atoms with Crippen molar-refractivity contribution >= 4 is 15.9 Å². The van der Waals surface area contributed by atoms with E-state index >= 15 is 0 Å². The van der Waals surface area contributed by atoms with Crippen LogP contribution >= 0.6 is 15.9 Å². The quantitative estimate of drug-likeness (QED) is 0.792. The number of aromatic nitrogens is 1. The average Bonchev–Trinajstić information content (AvgIpc) is 2.85. The van der Waals surface area contributed by atoms with Crippen LogP contribution in [-0.2, 0) is 13.2 Å². The van der Waals surface area contributed by atoms with E-state index in [1.165, 1.54) is 0 Å². The molecule has 0 unspecified atom stereocenters. The fraction of sp³-hybridized carbons (Fsp3) is 0.357. The lowest BCUT2D eigenvalue weighted by atomic mass is 10.4. The van der Waals surface area contributed by atoms with E-state index in [2.05, 4.69) is 33.2 Å². The summed E-state index contributed by atoms with van der Waals surface area (Å²) >= 11 is 3.35. The van der Waals surface area contributed by atoms with Gasteiger partial charge in [-0.1, -0.05) is 6.92 Å². The van der Waals surface area contributed by atoms with Gasteiger partial charge in [0, 0.05) is 10.7 Å². The van der Waals surface area contributed by atoms with Gasteiger partial charge in [0.2, 0.25) is 0 Å². The van der Waals surface area contributed by atoms with Crippen LogP contribution in [0.5, 0.6) is 5.75 Å². The molecule has 2 rings (SSSR count). The Kier molecular flexibility index (Phi) is 5.42. The molecular formula is C14H17BrN2O2. The molecule has 0 aliphatic heterocycles. The van der Waals surface area contributed by atoms with E-state index in [9.17, 15) is 0 Å². The van der Waals surface area contributed by atoms with Gasteiger partial charge in [-0.25, -0.2) is 0 Å². The number of furan rings is 1. The van der Waals surface area contributed by atoms with Crippen LogP contribution in [0.4, 0.5) is 0 Å². The molecule has 19 heavy (non-hydrogen) atoms. The zero-order chi connectivity index (χ0) is 13.5. The Morgan fingerprint density at radius 2 is 2.16 bits per heavy atom. The molecule has 0 saturated heterocycles. The maximum atomic E-state index is 5.66. The van der Waals surface area contributed by atoms with Crippen molar-refractivity contribution < 1.29 is 9.15 Å². The van der Waals surface area contributed by atoms with Gasteiger partial charge < -0.3 is 14.5 Å². The predicted molar refractivity (Wildman–Crippen MR) is 77.0 cm³/mol. The Balaban J connectivity index is 1.83. The molecule has 0 amide bonds. The number of nitrogens with one attached hydrogen (secondary N) is 1. The Morgan fingerprint density at radius 1 is 1.32 bits per heavy atom. The van der Waals surface area contributed by atoms with Crippen molar-refractivity contribution in [1.82, 2.24) is 10.3 Å². The van der Waals surface area contributed by atoms with E-state index in [-0.39, 0.29) is 0 Å². The predicted octanol–water partition coefficient (Wildman–Crippen LogP) is 3.52. The molecule has 0 aliphatic rings. The van der Waals surface area contributed by atoms with Crippen molar-refractivity contribution in [3.05, 3.63) is 46.6 Å².